The number of nitrogens with zero attached hydrogens (tertiary/aromatic N) is 2. The highest BCUT2D eigenvalue weighted by Crippen LogP contribution is 2.18. The Kier molecular flexibility index (Phi) is 3.91. The molecule has 0 aliphatic rings. The van der Waals surface area contributed by atoms with Crippen molar-refractivity contribution in [2.75, 3.05) is 4.72 Å². The Bertz CT molecular complexity index is 697. The fraction of sp³-hybridized carbons (Fsp3) is 0.273. The first kappa shape index (κ1) is 14.0. The standard InChI is InChI=1S/C11H12BrN3O3S/c1-7-3-9(5-13-11(7)12)15-19(16,17)6-10-4-8(2)18-14-10/h3-5,15H,6H2,1-2H3. The van der Waals surface area contributed by atoms with Crippen LogP contribution in [0.15, 0.2) is 27.5 Å². The number of aromatic nitrogens is 2. The molecule has 2 rings (SSSR count). The van der Waals surface area contributed by atoms with Gasteiger partial charge >= 0.3 is 0 Å². The van der Waals surface area contributed by atoms with Gasteiger partial charge in [0.15, 0.2) is 0 Å². The van der Waals surface area contributed by atoms with Gasteiger partial charge in [-0.25, -0.2) is 13.4 Å². The van der Waals surface area contributed by atoms with E-state index in [2.05, 4.69) is 30.8 Å². The average Bonchev–Trinajstić information content (AvgIpc) is 2.68. The molecule has 0 bridgehead atoms. The second-order valence-electron chi connectivity index (χ2n) is 4.12. The van der Waals surface area contributed by atoms with Gasteiger partial charge in [0.1, 0.15) is 21.8 Å². The van der Waals surface area contributed by atoms with Crippen molar-refractivity contribution in [1.82, 2.24) is 10.1 Å². The lowest BCUT2D eigenvalue weighted by atomic mass is 10.3. The van der Waals surface area contributed by atoms with Crippen molar-refractivity contribution >= 4 is 31.6 Å². The van der Waals surface area contributed by atoms with Crippen molar-refractivity contribution in [3.63, 3.8) is 0 Å². The Labute approximate surface area is 119 Å². The SMILES string of the molecule is Cc1cc(CS(=O)(=O)Nc2cnc(Br)c(C)c2)no1. The van der Waals surface area contributed by atoms with Crippen LogP contribution >= 0.6 is 15.9 Å². The van der Waals surface area contributed by atoms with Crippen molar-refractivity contribution < 1.29 is 12.9 Å². The van der Waals surface area contributed by atoms with Gasteiger partial charge in [-0.15, -0.1) is 0 Å². The molecule has 0 radical (unpaired) electrons. The van der Waals surface area contributed by atoms with Crippen molar-refractivity contribution in [1.29, 1.82) is 0 Å². The largest absolute Gasteiger partial charge is 0.361 e. The summed E-state index contributed by atoms with van der Waals surface area (Å²) in [4.78, 5) is 4.03. The lowest BCUT2D eigenvalue weighted by Gasteiger charge is -2.07. The van der Waals surface area contributed by atoms with Gasteiger partial charge in [0, 0.05) is 6.07 Å². The fourth-order valence-electron chi connectivity index (χ4n) is 1.51. The predicted octanol–water partition coefficient (Wildman–Crippen LogP) is 2.39. The molecule has 0 atom stereocenters. The van der Waals surface area contributed by atoms with Crippen LogP contribution in [0.5, 0.6) is 0 Å². The van der Waals surface area contributed by atoms with E-state index in [1.807, 2.05) is 6.92 Å². The molecular weight excluding hydrogens is 334 g/mol. The third-order valence-electron chi connectivity index (χ3n) is 2.30. The maximum absolute atomic E-state index is 11.9. The van der Waals surface area contributed by atoms with Gasteiger partial charge in [0.05, 0.1) is 11.9 Å². The summed E-state index contributed by atoms with van der Waals surface area (Å²) in [6.45, 7) is 3.54. The van der Waals surface area contributed by atoms with Crippen molar-refractivity contribution in [2.45, 2.75) is 19.6 Å². The van der Waals surface area contributed by atoms with Crippen LogP contribution in [0.3, 0.4) is 0 Å². The smallest absolute Gasteiger partial charge is 0.238 e. The number of nitrogens with one attached hydrogen (secondary N) is 1. The highest BCUT2D eigenvalue weighted by molar-refractivity contribution is 9.10. The number of anilines is 1. The third-order valence-corrected chi connectivity index (χ3v) is 4.36. The summed E-state index contributed by atoms with van der Waals surface area (Å²) in [7, 11) is -3.53. The van der Waals surface area contributed by atoms with E-state index < -0.39 is 10.0 Å². The molecule has 0 saturated carbocycles. The highest BCUT2D eigenvalue weighted by atomic mass is 79.9. The molecule has 0 aromatic carbocycles. The van der Waals surface area contributed by atoms with E-state index in [1.165, 1.54) is 6.20 Å². The molecule has 2 heterocycles. The zero-order valence-corrected chi connectivity index (χ0v) is 12.7. The summed E-state index contributed by atoms with van der Waals surface area (Å²) in [5.74, 6) is 0.339. The first-order valence-electron chi connectivity index (χ1n) is 5.40. The summed E-state index contributed by atoms with van der Waals surface area (Å²) >= 11 is 3.25. The fourth-order valence-corrected chi connectivity index (χ4v) is 2.80. The first-order chi connectivity index (χ1) is 8.85. The van der Waals surface area contributed by atoms with Crippen LogP contribution in [-0.2, 0) is 15.8 Å². The number of halogens is 1. The van der Waals surface area contributed by atoms with E-state index in [4.69, 9.17) is 4.52 Å². The van der Waals surface area contributed by atoms with Gasteiger partial charge in [0.2, 0.25) is 10.0 Å². The summed E-state index contributed by atoms with van der Waals surface area (Å²) in [5.41, 5.74) is 1.63. The van der Waals surface area contributed by atoms with E-state index >= 15 is 0 Å². The minimum Gasteiger partial charge on any atom is -0.361 e. The van der Waals surface area contributed by atoms with Gasteiger partial charge < -0.3 is 4.52 Å². The minimum absolute atomic E-state index is 0.237. The minimum atomic E-state index is -3.53. The van der Waals surface area contributed by atoms with Crippen LogP contribution in [0.25, 0.3) is 0 Å². The number of sulfonamides is 1. The number of rotatable bonds is 4. The van der Waals surface area contributed by atoms with E-state index in [1.54, 1.807) is 19.1 Å². The Morgan fingerprint density at radius 3 is 2.68 bits per heavy atom. The molecule has 6 nitrogen and oxygen atoms in total. The Hall–Kier alpha value is -1.41. The van der Waals surface area contributed by atoms with Gasteiger partial charge in [-0.2, -0.15) is 0 Å². The van der Waals surface area contributed by atoms with E-state index in [0.29, 0.717) is 21.7 Å². The summed E-state index contributed by atoms with van der Waals surface area (Å²) in [6.07, 6.45) is 1.45. The maximum Gasteiger partial charge on any atom is 0.238 e. The third kappa shape index (κ3) is 3.77. The molecule has 0 unspecified atom stereocenters. The van der Waals surface area contributed by atoms with Crippen LogP contribution in [0.2, 0.25) is 0 Å². The molecule has 2 aromatic heterocycles. The zero-order valence-electron chi connectivity index (χ0n) is 10.3. The van der Waals surface area contributed by atoms with Gasteiger partial charge in [0.25, 0.3) is 0 Å². The van der Waals surface area contributed by atoms with Crippen LogP contribution < -0.4 is 4.72 Å². The predicted molar refractivity (Wildman–Crippen MR) is 74.2 cm³/mol. The molecule has 0 aliphatic heterocycles. The summed E-state index contributed by atoms with van der Waals surface area (Å²) in [5, 5.41) is 3.66. The molecule has 102 valence electrons. The van der Waals surface area contributed by atoms with Crippen LogP contribution in [-0.4, -0.2) is 18.6 Å². The normalized spacial score (nSPS) is 11.5. The Balaban J connectivity index is 2.14. The number of aryl methyl sites for hydroxylation is 2. The lowest BCUT2D eigenvalue weighted by molar-refractivity contribution is 0.392. The monoisotopic (exact) mass is 345 g/mol. The van der Waals surface area contributed by atoms with Gasteiger partial charge in [-0.1, -0.05) is 5.16 Å². The molecular formula is C11H12BrN3O3S. The topological polar surface area (TPSA) is 85.1 Å². The van der Waals surface area contributed by atoms with E-state index in [0.717, 1.165) is 5.56 Å². The molecule has 0 saturated heterocycles. The summed E-state index contributed by atoms with van der Waals surface area (Å²) < 4.78 is 31.9. The molecule has 0 aliphatic carbocycles. The van der Waals surface area contributed by atoms with Crippen LogP contribution in [0.4, 0.5) is 5.69 Å². The quantitative estimate of drug-likeness (QED) is 0.860. The maximum atomic E-state index is 11.9. The number of pyridine rings is 1. The van der Waals surface area contributed by atoms with E-state index in [9.17, 15) is 8.42 Å². The molecule has 2 aromatic rings. The first-order valence-corrected chi connectivity index (χ1v) is 7.85. The van der Waals surface area contributed by atoms with Crippen molar-refractivity contribution in [3.05, 3.63) is 40.0 Å². The van der Waals surface area contributed by atoms with Gasteiger partial charge in [-0.05, 0) is 41.4 Å². The molecule has 19 heavy (non-hydrogen) atoms. The molecule has 1 N–H and O–H groups in total. The van der Waals surface area contributed by atoms with Crippen molar-refractivity contribution in [3.8, 4) is 0 Å². The zero-order chi connectivity index (χ0) is 14.0. The molecule has 8 heteroatoms. The second kappa shape index (κ2) is 5.30. The number of hydrogen-bond donors (Lipinski definition) is 1. The highest BCUT2D eigenvalue weighted by Gasteiger charge is 2.15. The Morgan fingerprint density at radius 2 is 2.11 bits per heavy atom. The van der Waals surface area contributed by atoms with E-state index in [-0.39, 0.29) is 5.75 Å². The van der Waals surface area contributed by atoms with Crippen LogP contribution in [0, 0.1) is 13.8 Å². The second-order valence-corrected chi connectivity index (χ2v) is 6.60. The molecule has 0 spiro atoms. The molecule has 0 fully saturated rings. The van der Waals surface area contributed by atoms with Crippen LogP contribution in [0.1, 0.15) is 17.0 Å². The molecule has 0 amide bonds. The van der Waals surface area contributed by atoms with Crippen molar-refractivity contribution in [2.24, 2.45) is 0 Å². The lowest BCUT2D eigenvalue weighted by Crippen LogP contribution is -2.15. The number of hydrogen-bond acceptors (Lipinski definition) is 5. The average molecular weight is 346 g/mol. The Morgan fingerprint density at radius 1 is 1.37 bits per heavy atom. The van der Waals surface area contributed by atoms with Gasteiger partial charge in [-0.3, -0.25) is 4.72 Å². The summed E-state index contributed by atoms with van der Waals surface area (Å²) in [6, 6.07) is 3.28.